The minimum absolute atomic E-state index is 0.645. The average Bonchev–Trinajstić information content (AvgIpc) is 2.30. The standard InChI is InChI=1S/C13H21ClSi/c1-15(12-8-3-2-7-11-14)13-9-5-4-6-10-13/h4-6,9-10,15H,2-3,7-8,11-12H2,1H3. The van der Waals surface area contributed by atoms with E-state index in [1.54, 1.807) is 5.19 Å². The normalized spacial score (nSPS) is 12.7. The fourth-order valence-electron chi connectivity index (χ4n) is 1.85. The maximum absolute atomic E-state index is 5.65. The number of hydrogen-bond donors (Lipinski definition) is 0. The molecule has 0 heterocycles. The quantitative estimate of drug-likeness (QED) is 0.389. The van der Waals surface area contributed by atoms with Crippen molar-refractivity contribution < 1.29 is 0 Å². The molecule has 0 radical (unpaired) electrons. The summed E-state index contributed by atoms with van der Waals surface area (Å²) < 4.78 is 0. The van der Waals surface area contributed by atoms with Crippen LogP contribution in [0.25, 0.3) is 0 Å². The van der Waals surface area contributed by atoms with E-state index < -0.39 is 8.80 Å². The van der Waals surface area contributed by atoms with Gasteiger partial charge in [-0.1, -0.05) is 67.4 Å². The molecule has 0 fully saturated rings. The molecule has 84 valence electrons. The van der Waals surface area contributed by atoms with Gasteiger partial charge in [-0.3, -0.25) is 0 Å². The monoisotopic (exact) mass is 240 g/mol. The highest BCUT2D eigenvalue weighted by molar-refractivity contribution is 6.71. The molecule has 0 aliphatic heterocycles. The minimum Gasteiger partial charge on any atom is -0.127 e. The number of hydrogen-bond acceptors (Lipinski definition) is 0. The van der Waals surface area contributed by atoms with Gasteiger partial charge < -0.3 is 0 Å². The number of alkyl halides is 1. The van der Waals surface area contributed by atoms with E-state index in [9.17, 15) is 0 Å². The van der Waals surface area contributed by atoms with Gasteiger partial charge in [0.1, 0.15) is 0 Å². The third-order valence-electron chi connectivity index (χ3n) is 2.89. The lowest BCUT2D eigenvalue weighted by Crippen LogP contribution is -2.25. The van der Waals surface area contributed by atoms with Crippen LogP contribution in [-0.2, 0) is 0 Å². The SMILES string of the molecule is C[SiH](CCCCCCCl)c1ccccc1. The summed E-state index contributed by atoms with van der Waals surface area (Å²) in [4.78, 5) is 0. The molecule has 1 aromatic carbocycles. The molecule has 0 spiro atoms. The van der Waals surface area contributed by atoms with Crippen molar-refractivity contribution in [1.29, 1.82) is 0 Å². The number of benzene rings is 1. The fourth-order valence-corrected chi connectivity index (χ4v) is 4.15. The van der Waals surface area contributed by atoms with E-state index in [2.05, 4.69) is 36.9 Å². The first-order chi connectivity index (χ1) is 7.34. The van der Waals surface area contributed by atoms with Gasteiger partial charge >= 0.3 is 0 Å². The first-order valence-electron chi connectivity index (χ1n) is 5.95. The Kier molecular flexibility index (Phi) is 6.78. The zero-order valence-electron chi connectivity index (χ0n) is 9.58. The summed E-state index contributed by atoms with van der Waals surface area (Å²) >= 11 is 5.65. The third kappa shape index (κ3) is 5.38. The molecule has 1 rings (SSSR count). The first kappa shape index (κ1) is 12.8. The Bertz CT molecular complexity index is 248. The highest BCUT2D eigenvalue weighted by Gasteiger charge is 2.05. The summed E-state index contributed by atoms with van der Waals surface area (Å²) in [5.41, 5.74) is 0. The zero-order valence-corrected chi connectivity index (χ0v) is 11.5. The molecule has 2 heteroatoms. The van der Waals surface area contributed by atoms with Crippen molar-refractivity contribution >= 4 is 25.6 Å². The van der Waals surface area contributed by atoms with Crippen LogP contribution in [-0.4, -0.2) is 14.7 Å². The number of unbranched alkanes of at least 4 members (excludes halogenated alkanes) is 3. The molecule has 1 aromatic rings. The molecule has 0 saturated heterocycles. The Hall–Kier alpha value is -0.273. The van der Waals surface area contributed by atoms with E-state index in [1.165, 1.54) is 31.7 Å². The summed E-state index contributed by atoms with van der Waals surface area (Å²) in [6.07, 6.45) is 5.23. The van der Waals surface area contributed by atoms with Crippen molar-refractivity contribution in [2.75, 3.05) is 5.88 Å². The van der Waals surface area contributed by atoms with E-state index >= 15 is 0 Å². The van der Waals surface area contributed by atoms with Crippen molar-refractivity contribution in [3.8, 4) is 0 Å². The molecule has 0 saturated carbocycles. The highest BCUT2D eigenvalue weighted by atomic mass is 35.5. The van der Waals surface area contributed by atoms with E-state index in [4.69, 9.17) is 11.6 Å². The van der Waals surface area contributed by atoms with Crippen molar-refractivity contribution in [1.82, 2.24) is 0 Å². The zero-order chi connectivity index (χ0) is 10.9. The summed E-state index contributed by atoms with van der Waals surface area (Å²) in [6.45, 7) is 2.46. The van der Waals surface area contributed by atoms with Crippen LogP contribution in [0.1, 0.15) is 25.7 Å². The molecule has 0 amide bonds. The van der Waals surface area contributed by atoms with Gasteiger partial charge in [-0.25, -0.2) is 0 Å². The van der Waals surface area contributed by atoms with Crippen LogP contribution < -0.4 is 5.19 Å². The molecule has 1 unspecified atom stereocenters. The Morgan fingerprint density at radius 3 is 2.33 bits per heavy atom. The minimum atomic E-state index is -0.645. The Labute approximate surface area is 100 Å². The second kappa shape index (κ2) is 7.95. The van der Waals surface area contributed by atoms with Crippen molar-refractivity contribution in [2.24, 2.45) is 0 Å². The van der Waals surface area contributed by atoms with Crippen LogP contribution >= 0.6 is 11.6 Å². The number of halogens is 1. The van der Waals surface area contributed by atoms with E-state index in [-0.39, 0.29) is 0 Å². The molecule has 0 N–H and O–H groups in total. The predicted octanol–water partition coefficient (Wildman–Crippen LogP) is 3.55. The summed E-state index contributed by atoms with van der Waals surface area (Å²) in [5, 5.41) is 1.61. The third-order valence-corrected chi connectivity index (χ3v) is 5.95. The summed E-state index contributed by atoms with van der Waals surface area (Å²) in [5.74, 6) is 0.825. The van der Waals surface area contributed by atoms with Gasteiger partial charge in [-0.15, -0.1) is 11.6 Å². The highest BCUT2D eigenvalue weighted by Crippen LogP contribution is 2.07. The van der Waals surface area contributed by atoms with E-state index in [1.807, 2.05) is 0 Å². The first-order valence-corrected chi connectivity index (χ1v) is 9.04. The maximum Gasteiger partial charge on any atom is 0.0677 e. The summed E-state index contributed by atoms with van der Waals surface area (Å²) in [6, 6.07) is 12.4. The van der Waals surface area contributed by atoms with Crippen molar-refractivity contribution in [3.63, 3.8) is 0 Å². The van der Waals surface area contributed by atoms with Crippen LogP contribution in [0.5, 0.6) is 0 Å². The molecule has 1 atom stereocenters. The van der Waals surface area contributed by atoms with Crippen LogP contribution in [0, 0.1) is 0 Å². The van der Waals surface area contributed by atoms with Gasteiger partial charge in [0.25, 0.3) is 0 Å². The topological polar surface area (TPSA) is 0 Å². The van der Waals surface area contributed by atoms with E-state index in [0.29, 0.717) is 0 Å². The van der Waals surface area contributed by atoms with Crippen molar-refractivity contribution in [3.05, 3.63) is 30.3 Å². The van der Waals surface area contributed by atoms with Crippen LogP contribution in [0.2, 0.25) is 12.6 Å². The van der Waals surface area contributed by atoms with Crippen molar-refractivity contribution in [2.45, 2.75) is 38.3 Å². The molecule has 15 heavy (non-hydrogen) atoms. The van der Waals surface area contributed by atoms with Crippen LogP contribution in [0.15, 0.2) is 30.3 Å². The van der Waals surface area contributed by atoms with Crippen LogP contribution in [0.3, 0.4) is 0 Å². The second-order valence-electron chi connectivity index (χ2n) is 4.20. The lowest BCUT2D eigenvalue weighted by molar-refractivity contribution is 0.702. The van der Waals surface area contributed by atoms with Gasteiger partial charge in [-0.05, 0) is 6.42 Å². The van der Waals surface area contributed by atoms with Gasteiger partial charge in [0, 0.05) is 5.88 Å². The Morgan fingerprint density at radius 2 is 1.67 bits per heavy atom. The smallest absolute Gasteiger partial charge is 0.0677 e. The largest absolute Gasteiger partial charge is 0.127 e. The fraction of sp³-hybridized carbons (Fsp3) is 0.538. The lowest BCUT2D eigenvalue weighted by atomic mass is 10.2. The molecular formula is C13H21ClSi. The van der Waals surface area contributed by atoms with E-state index in [0.717, 1.165) is 5.88 Å². The lowest BCUT2D eigenvalue weighted by Gasteiger charge is -2.09. The summed E-state index contributed by atoms with van der Waals surface area (Å²) in [7, 11) is -0.645. The molecule has 0 bridgehead atoms. The molecular weight excluding hydrogens is 220 g/mol. The average molecular weight is 241 g/mol. The Balaban J connectivity index is 2.16. The van der Waals surface area contributed by atoms with Crippen LogP contribution in [0.4, 0.5) is 0 Å². The van der Waals surface area contributed by atoms with Gasteiger partial charge in [-0.2, -0.15) is 0 Å². The molecule has 0 nitrogen and oxygen atoms in total. The Morgan fingerprint density at radius 1 is 1.00 bits per heavy atom. The predicted molar refractivity (Wildman–Crippen MR) is 73.1 cm³/mol. The van der Waals surface area contributed by atoms with Gasteiger partial charge in [0.15, 0.2) is 0 Å². The molecule has 0 aliphatic rings. The molecule has 0 aliphatic carbocycles. The number of rotatable bonds is 7. The van der Waals surface area contributed by atoms with Gasteiger partial charge in [0.05, 0.1) is 8.80 Å². The molecule has 0 aromatic heterocycles. The maximum atomic E-state index is 5.65. The van der Waals surface area contributed by atoms with Gasteiger partial charge in [0.2, 0.25) is 0 Å². The second-order valence-corrected chi connectivity index (χ2v) is 7.63.